The molecule has 1 aromatic carbocycles. The van der Waals surface area contributed by atoms with Gasteiger partial charge in [0, 0.05) is 36.7 Å². The van der Waals surface area contributed by atoms with Crippen LogP contribution in [-0.4, -0.2) is 47.7 Å². The molecule has 2 atom stereocenters. The Labute approximate surface area is 145 Å². The first-order chi connectivity index (χ1) is 11.8. The van der Waals surface area contributed by atoms with Crippen molar-refractivity contribution >= 4 is 5.91 Å². The molecule has 0 radical (unpaired) electrons. The van der Waals surface area contributed by atoms with E-state index in [1.165, 1.54) is 38.5 Å². The van der Waals surface area contributed by atoms with Crippen LogP contribution in [0.15, 0.2) is 30.3 Å². The van der Waals surface area contributed by atoms with Crippen LogP contribution in [0, 0.1) is 5.92 Å². The minimum Gasteiger partial charge on any atom is -0.396 e. The first kappa shape index (κ1) is 17.4. The van der Waals surface area contributed by atoms with Crippen molar-refractivity contribution in [1.82, 2.24) is 10.2 Å². The zero-order valence-electron chi connectivity index (χ0n) is 14.5. The number of piperidine rings is 1. The highest BCUT2D eigenvalue weighted by atomic mass is 16.3. The van der Waals surface area contributed by atoms with E-state index in [4.69, 9.17) is 0 Å². The Morgan fingerprint density at radius 2 is 1.79 bits per heavy atom. The molecule has 1 amide bonds. The van der Waals surface area contributed by atoms with Crippen molar-refractivity contribution < 1.29 is 9.90 Å². The number of nitrogens with zero attached hydrogens (tertiary/aromatic N) is 1. The fourth-order valence-electron chi connectivity index (χ4n) is 4.20. The van der Waals surface area contributed by atoms with E-state index in [0.29, 0.717) is 11.6 Å². The van der Waals surface area contributed by atoms with E-state index in [1.54, 1.807) is 0 Å². The molecule has 3 rings (SSSR count). The Kier molecular flexibility index (Phi) is 6.27. The molecule has 132 valence electrons. The Balaban J connectivity index is 1.63. The molecule has 2 fully saturated rings. The molecule has 1 heterocycles. The number of carbonyl (C=O) groups is 1. The van der Waals surface area contributed by atoms with Crippen LogP contribution in [0.1, 0.15) is 55.3 Å². The number of benzene rings is 1. The van der Waals surface area contributed by atoms with Crippen molar-refractivity contribution in [1.29, 1.82) is 0 Å². The number of amides is 1. The average molecular weight is 330 g/mol. The minimum atomic E-state index is -0.0261. The topological polar surface area (TPSA) is 52.6 Å². The maximum atomic E-state index is 12.5. The third-order valence-corrected chi connectivity index (χ3v) is 5.72. The van der Waals surface area contributed by atoms with Crippen molar-refractivity contribution in [3.63, 3.8) is 0 Å². The largest absolute Gasteiger partial charge is 0.396 e. The molecule has 1 aromatic rings. The molecule has 1 aliphatic heterocycles. The number of aliphatic hydroxyl groups excluding tert-OH is 1. The summed E-state index contributed by atoms with van der Waals surface area (Å²) in [4.78, 5) is 15.1. The van der Waals surface area contributed by atoms with Crippen LogP contribution in [0.2, 0.25) is 0 Å². The Bertz CT molecular complexity index is 512. The van der Waals surface area contributed by atoms with Gasteiger partial charge in [-0.25, -0.2) is 0 Å². The number of nitrogens with one attached hydrogen (secondary N) is 1. The predicted octanol–water partition coefficient (Wildman–Crippen LogP) is 2.82. The lowest BCUT2D eigenvalue weighted by Gasteiger charge is -2.42. The highest BCUT2D eigenvalue weighted by molar-refractivity contribution is 5.94. The monoisotopic (exact) mass is 330 g/mol. The van der Waals surface area contributed by atoms with Gasteiger partial charge in [0.2, 0.25) is 0 Å². The van der Waals surface area contributed by atoms with Crippen molar-refractivity contribution in [3.8, 4) is 0 Å². The number of aliphatic hydroxyl groups is 1. The normalized spacial score (nSPS) is 26.7. The number of likely N-dealkylation sites (tertiary alicyclic amines) is 1. The molecular weight excluding hydrogens is 300 g/mol. The lowest BCUT2D eigenvalue weighted by Crippen LogP contribution is -2.55. The molecule has 0 unspecified atom stereocenters. The summed E-state index contributed by atoms with van der Waals surface area (Å²) in [7, 11) is 0. The van der Waals surface area contributed by atoms with Gasteiger partial charge in [0.1, 0.15) is 0 Å². The van der Waals surface area contributed by atoms with Crippen LogP contribution in [0.5, 0.6) is 0 Å². The smallest absolute Gasteiger partial charge is 0.251 e. The van der Waals surface area contributed by atoms with E-state index in [2.05, 4.69) is 10.2 Å². The second kappa shape index (κ2) is 8.63. The van der Waals surface area contributed by atoms with Gasteiger partial charge in [0.05, 0.1) is 0 Å². The molecule has 2 N–H and O–H groups in total. The van der Waals surface area contributed by atoms with Crippen LogP contribution in [0.3, 0.4) is 0 Å². The summed E-state index contributed by atoms with van der Waals surface area (Å²) in [6.45, 7) is 2.07. The van der Waals surface area contributed by atoms with Gasteiger partial charge in [-0.3, -0.25) is 9.69 Å². The number of hydrogen-bond donors (Lipinski definition) is 2. The fourth-order valence-corrected chi connectivity index (χ4v) is 4.20. The summed E-state index contributed by atoms with van der Waals surface area (Å²) in [5, 5.41) is 12.9. The molecule has 24 heavy (non-hydrogen) atoms. The van der Waals surface area contributed by atoms with Gasteiger partial charge in [-0.15, -0.1) is 0 Å². The molecule has 1 saturated heterocycles. The molecule has 4 heteroatoms. The Morgan fingerprint density at radius 1 is 1.08 bits per heavy atom. The van der Waals surface area contributed by atoms with E-state index >= 15 is 0 Å². The predicted molar refractivity (Wildman–Crippen MR) is 96.0 cm³/mol. The van der Waals surface area contributed by atoms with Crippen molar-refractivity contribution in [2.24, 2.45) is 5.92 Å². The van der Waals surface area contributed by atoms with Gasteiger partial charge in [-0.05, 0) is 37.9 Å². The molecule has 0 spiro atoms. The highest BCUT2D eigenvalue weighted by Crippen LogP contribution is 2.26. The molecule has 0 bridgehead atoms. The maximum absolute atomic E-state index is 12.5. The molecule has 4 nitrogen and oxygen atoms in total. The fraction of sp³-hybridized carbons (Fsp3) is 0.650. The summed E-state index contributed by atoms with van der Waals surface area (Å²) in [6.07, 6.45) is 8.89. The first-order valence-corrected chi connectivity index (χ1v) is 9.48. The van der Waals surface area contributed by atoms with E-state index in [0.717, 1.165) is 19.5 Å². The molecule has 1 saturated carbocycles. The second-order valence-electron chi connectivity index (χ2n) is 7.32. The highest BCUT2D eigenvalue weighted by Gasteiger charge is 2.33. The van der Waals surface area contributed by atoms with Gasteiger partial charge >= 0.3 is 0 Å². The van der Waals surface area contributed by atoms with E-state index in [-0.39, 0.29) is 24.5 Å². The van der Waals surface area contributed by atoms with Gasteiger partial charge < -0.3 is 10.4 Å². The SMILES string of the molecule is O=C(N[C@@H]1CN(C2CCCCCC2)CC[C@@H]1CO)c1ccccc1. The van der Waals surface area contributed by atoms with E-state index in [9.17, 15) is 9.90 Å². The zero-order valence-corrected chi connectivity index (χ0v) is 14.5. The van der Waals surface area contributed by atoms with Gasteiger partial charge in [0.25, 0.3) is 5.91 Å². The third-order valence-electron chi connectivity index (χ3n) is 5.72. The number of rotatable bonds is 4. The summed E-state index contributed by atoms with van der Waals surface area (Å²) in [5.41, 5.74) is 0.695. The van der Waals surface area contributed by atoms with E-state index < -0.39 is 0 Å². The van der Waals surface area contributed by atoms with Gasteiger partial charge in [-0.2, -0.15) is 0 Å². The van der Waals surface area contributed by atoms with Crippen LogP contribution in [0.25, 0.3) is 0 Å². The first-order valence-electron chi connectivity index (χ1n) is 9.48. The van der Waals surface area contributed by atoms with Crippen LogP contribution >= 0.6 is 0 Å². The zero-order chi connectivity index (χ0) is 16.8. The molecular formula is C20H30N2O2. The summed E-state index contributed by atoms with van der Waals surface area (Å²) < 4.78 is 0. The second-order valence-corrected chi connectivity index (χ2v) is 7.32. The van der Waals surface area contributed by atoms with Crippen LogP contribution in [-0.2, 0) is 0 Å². The van der Waals surface area contributed by atoms with Gasteiger partial charge in [-0.1, -0.05) is 43.9 Å². The quantitative estimate of drug-likeness (QED) is 0.835. The summed E-state index contributed by atoms with van der Waals surface area (Å²) >= 11 is 0. The van der Waals surface area contributed by atoms with Crippen LogP contribution < -0.4 is 5.32 Å². The van der Waals surface area contributed by atoms with E-state index in [1.807, 2.05) is 30.3 Å². The molecule has 0 aromatic heterocycles. The Morgan fingerprint density at radius 3 is 2.46 bits per heavy atom. The average Bonchev–Trinajstić information content (AvgIpc) is 2.92. The number of carbonyl (C=O) groups excluding carboxylic acids is 1. The minimum absolute atomic E-state index is 0.0261. The molecule has 2 aliphatic rings. The third kappa shape index (κ3) is 4.37. The lowest BCUT2D eigenvalue weighted by atomic mass is 9.90. The van der Waals surface area contributed by atoms with Crippen molar-refractivity contribution in [2.45, 2.75) is 57.0 Å². The lowest BCUT2D eigenvalue weighted by molar-refractivity contribution is 0.0572. The van der Waals surface area contributed by atoms with Gasteiger partial charge in [0.15, 0.2) is 0 Å². The summed E-state index contributed by atoms with van der Waals surface area (Å²) in [5.74, 6) is 0.140. The standard InChI is InChI=1S/C20H30N2O2/c23-15-17-12-13-22(18-10-6-1-2-7-11-18)14-19(17)21-20(24)16-8-4-3-5-9-16/h3-5,8-9,17-19,23H,1-2,6-7,10-15H2,(H,21,24)/t17-,19-/m1/s1. The number of hydrogen-bond acceptors (Lipinski definition) is 3. The summed E-state index contributed by atoms with van der Waals surface area (Å²) in [6, 6.07) is 10.1. The van der Waals surface area contributed by atoms with Crippen molar-refractivity contribution in [2.75, 3.05) is 19.7 Å². The maximum Gasteiger partial charge on any atom is 0.251 e. The van der Waals surface area contributed by atoms with Crippen molar-refractivity contribution in [3.05, 3.63) is 35.9 Å². The molecule has 1 aliphatic carbocycles. The van der Waals surface area contributed by atoms with Crippen LogP contribution in [0.4, 0.5) is 0 Å². The Hall–Kier alpha value is -1.39.